The van der Waals surface area contributed by atoms with E-state index in [4.69, 9.17) is 15.1 Å². The zero-order valence-electron chi connectivity index (χ0n) is 15.2. The zero-order valence-corrected chi connectivity index (χ0v) is 15.2. The molecule has 0 spiro atoms. The van der Waals surface area contributed by atoms with Crippen LogP contribution in [0.4, 0.5) is 4.79 Å². The lowest BCUT2D eigenvalue weighted by Gasteiger charge is -2.21. The number of carboxylic acids is 1. The van der Waals surface area contributed by atoms with Gasteiger partial charge in [0.05, 0.1) is 18.9 Å². The molecule has 0 saturated heterocycles. The maximum absolute atomic E-state index is 12.0. The summed E-state index contributed by atoms with van der Waals surface area (Å²) in [5.74, 6) is -1.30. The van der Waals surface area contributed by atoms with Gasteiger partial charge in [-0.15, -0.1) is 0 Å². The Morgan fingerprint density at radius 1 is 1.11 bits per heavy atom. The third-order valence-corrected chi connectivity index (χ3v) is 3.74. The quantitative estimate of drug-likeness (QED) is 0.541. The molecular weight excluding hydrogens is 350 g/mol. The second kappa shape index (κ2) is 13.2. The molecule has 0 aliphatic carbocycles. The largest absolute Gasteiger partial charge is 0.481 e. The maximum Gasteiger partial charge on any atom is 0.407 e. The molecule has 0 aromatic heterocycles. The number of nitrogens with zero attached hydrogens (tertiary/aromatic N) is 2. The first-order chi connectivity index (χ1) is 13.0. The fourth-order valence-electron chi connectivity index (χ4n) is 2.31. The number of benzene rings is 1. The summed E-state index contributed by atoms with van der Waals surface area (Å²) in [5.41, 5.74) is 0.903. The summed E-state index contributed by atoms with van der Waals surface area (Å²) in [4.78, 5) is 35.7. The Morgan fingerprint density at radius 3 is 2.52 bits per heavy atom. The fraction of sp³-hybridized carbons (Fsp3) is 0.474. The van der Waals surface area contributed by atoms with Crippen molar-refractivity contribution < 1.29 is 24.2 Å². The SMILES string of the molecule is N#CCCN(CCCCNC(=O)OCc1ccccc1)C(=O)CCC(=O)O. The van der Waals surface area contributed by atoms with Crippen LogP contribution < -0.4 is 5.32 Å². The smallest absolute Gasteiger partial charge is 0.407 e. The number of rotatable bonds is 12. The van der Waals surface area contributed by atoms with Gasteiger partial charge in [-0.2, -0.15) is 5.26 Å². The first kappa shape index (κ1) is 22.0. The molecule has 146 valence electrons. The number of alkyl carbamates (subject to hydrolysis) is 1. The van der Waals surface area contributed by atoms with Crippen LogP contribution in [0.1, 0.15) is 37.7 Å². The lowest BCUT2D eigenvalue weighted by Crippen LogP contribution is -2.33. The minimum Gasteiger partial charge on any atom is -0.481 e. The highest BCUT2D eigenvalue weighted by atomic mass is 16.5. The van der Waals surface area contributed by atoms with Crippen molar-refractivity contribution >= 4 is 18.0 Å². The third kappa shape index (κ3) is 10.5. The monoisotopic (exact) mass is 375 g/mol. The van der Waals surface area contributed by atoms with Crippen LogP contribution in [0.25, 0.3) is 0 Å². The van der Waals surface area contributed by atoms with Crippen molar-refractivity contribution in [3.05, 3.63) is 35.9 Å². The molecule has 0 saturated carbocycles. The van der Waals surface area contributed by atoms with Crippen LogP contribution >= 0.6 is 0 Å². The molecule has 0 unspecified atom stereocenters. The minimum absolute atomic E-state index is 0.0785. The predicted octanol–water partition coefficient (Wildman–Crippen LogP) is 2.30. The van der Waals surface area contributed by atoms with Gasteiger partial charge in [-0.1, -0.05) is 30.3 Å². The van der Waals surface area contributed by atoms with E-state index in [0.29, 0.717) is 25.9 Å². The summed E-state index contributed by atoms with van der Waals surface area (Å²) in [5, 5.41) is 20.0. The van der Waals surface area contributed by atoms with E-state index in [2.05, 4.69) is 5.32 Å². The molecule has 2 N–H and O–H groups in total. The van der Waals surface area contributed by atoms with E-state index in [9.17, 15) is 14.4 Å². The van der Waals surface area contributed by atoms with Crippen molar-refractivity contribution in [2.24, 2.45) is 0 Å². The summed E-state index contributed by atoms with van der Waals surface area (Å²) >= 11 is 0. The van der Waals surface area contributed by atoms with Gasteiger partial charge in [0.2, 0.25) is 5.91 Å². The molecule has 1 aromatic rings. The van der Waals surface area contributed by atoms with E-state index in [0.717, 1.165) is 5.56 Å². The van der Waals surface area contributed by atoms with Crippen molar-refractivity contribution in [3.63, 3.8) is 0 Å². The van der Waals surface area contributed by atoms with E-state index in [-0.39, 0.29) is 38.3 Å². The van der Waals surface area contributed by atoms with Gasteiger partial charge >= 0.3 is 12.1 Å². The van der Waals surface area contributed by atoms with Gasteiger partial charge < -0.3 is 20.1 Å². The summed E-state index contributed by atoms with van der Waals surface area (Å²) in [7, 11) is 0. The topological polar surface area (TPSA) is 120 Å². The van der Waals surface area contributed by atoms with E-state index in [1.165, 1.54) is 4.90 Å². The third-order valence-electron chi connectivity index (χ3n) is 3.74. The Bertz CT molecular complexity index is 642. The molecule has 0 radical (unpaired) electrons. The first-order valence-corrected chi connectivity index (χ1v) is 8.84. The van der Waals surface area contributed by atoms with Gasteiger partial charge in [-0.3, -0.25) is 9.59 Å². The summed E-state index contributed by atoms with van der Waals surface area (Å²) in [6.07, 6.45) is 0.654. The van der Waals surface area contributed by atoms with Crippen LogP contribution in [0.15, 0.2) is 30.3 Å². The number of amides is 2. The highest BCUT2D eigenvalue weighted by molar-refractivity contribution is 5.80. The van der Waals surface area contributed by atoms with Gasteiger partial charge in [-0.05, 0) is 18.4 Å². The lowest BCUT2D eigenvalue weighted by molar-refractivity contribution is -0.140. The zero-order chi connectivity index (χ0) is 19.9. The molecule has 8 heteroatoms. The van der Waals surface area contributed by atoms with Crippen molar-refractivity contribution in [2.75, 3.05) is 19.6 Å². The number of hydrogen-bond donors (Lipinski definition) is 2. The van der Waals surface area contributed by atoms with Crippen LogP contribution in [0, 0.1) is 11.3 Å². The number of ether oxygens (including phenoxy) is 1. The van der Waals surface area contributed by atoms with Crippen LogP contribution in [0.3, 0.4) is 0 Å². The minimum atomic E-state index is -1.03. The highest BCUT2D eigenvalue weighted by Gasteiger charge is 2.14. The standard InChI is InChI=1S/C19H25N3O5/c20-11-6-14-22(17(23)9-10-18(24)25)13-5-4-12-21-19(26)27-15-16-7-2-1-3-8-16/h1-3,7-8H,4-6,9-10,12-15H2,(H,21,26)(H,24,25). The number of aliphatic carboxylic acids is 1. The molecule has 0 aliphatic rings. The first-order valence-electron chi connectivity index (χ1n) is 8.84. The molecule has 0 bridgehead atoms. The Kier molecular flexibility index (Phi) is 10.7. The molecule has 27 heavy (non-hydrogen) atoms. The van der Waals surface area contributed by atoms with Crippen LogP contribution in [-0.2, 0) is 20.9 Å². The molecular formula is C19H25N3O5. The summed E-state index contributed by atoms with van der Waals surface area (Å²) in [6, 6.07) is 11.3. The average Bonchev–Trinajstić information content (AvgIpc) is 2.67. The number of carbonyl (C=O) groups is 3. The van der Waals surface area contributed by atoms with Crippen molar-refractivity contribution in [1.82, 2.24) is 10.2 Å². The van der Waals surface area contributed by atoms with Gasteiger partial charge in [0.1, 0.15) is 6.61 Å². The number of carbonyl (C=O) groups excluding carboxylic acids is 2. The van der Waals surface area contributed by atoms with Gasteiger partial charge in [0.25, 0.3) is 0 Å². The molecule has 0 heterocycles. The fourth-order valence-corrected chi connectivity index (χ4v) is 2.31. The Labute approximate surface area is 158 Å². The lowest BCUT2D eigenvalue weighted by atomic mass is 10.2. The highest BCUT2D eigenvalue weighted by Crippen LogP contribution is 2.03. The maximum atomic E-state index is 12.0. The second-order valence-corrected chi connectivity index (χ2v) is 5.88. The number of carboxylic acid groups (broad SMARTS) is 1. The molecule has 8 nitrogen and oxygen atoms in total. The number of unbranched alkanes of at least 4 members (excludes halogenated alkanes) is 1. The predicted molar refractivity (Wildman–Crippen MR) is 97.5 cm³/mol. The van der Waals surface area contributed by atoms with Gasteiger partial charge in [0, 0.05) is 26.1 Å². The number of nitriles is 1. The molecule has 1 aromatic carbocycles. The molecule has 0 aliphatic heterocycles. The molecule has 0 fully saturated rings. The summed E-state index contributed by atoms with van der Waals surface area (Å²) < 4.78 is 5.10. The van der Waals surface area contributed by atoms with Crippen molar-refractivity contribution in [3.8, 4) is 6.07 Å². The van der Waals surface area contributed by atoms with E-state index < -0.39 is 12.1 Å². The van der Waals surface area contributed by atoms with Crippen molar-refractivity contribution in [2.45, 2.75) is 38.7 Å². The van der Waals surface area contributed by atoms with Crippen LogP contribution in [0.2, 0.25) is 0 Å². The van der Waals surface area contributed by atoms with Crippen LogP contribution in [0.5, 0.6) is 0 Å². The number of nitrogens with one attached hydrogen (secondary N) is 1. The van der Waals surface area contributed by atoms with E-state index >= 15 is 0 Å². The Morgan fingerprint density at radius 2 is 1.85 bits per heavy atom. The van der Waals surface area contributed by atoms with Crippen molar-refractivity contribution in [1.29, 1.82) is 5.26 Å². The molecule has 2 amide bonds. The second-order valence-electron chi connectivity index (χ2n) is 5.88. The Hall–Kier alpha value is -3.08. The molecule has 1 rings (SSSR count). The van der Waals surface area contributed by atoms with E-state index in [1.807, 2.05) is 36.4 Å². The van der Waals surface area contributed by atoms with Gasteiger partial charge in [-0.25, -0.2) is 4.79 Å². The normalized spacial score (nSPS) is 9.89. The number of hydrogen-bond acceptors (Lipinski definition) is 5. The Balaban J connectivity index is 2.21. The van der Waals surface area contributed by atoms with E-state index in [1.54, 1.807) is 0 Å². The van der Waals surface area contributed by atoms with Crippen LogP contribution in [-0.4, -0.2) is 47.6 Å². The average molecular weight is 375 g/mol. The summed E-state index contributed by atoms with van der Waals surface area (Å²) in [6.45, 7) is 1.30. The molecule has 0 atom stereocenters. The van der Waals surface area contributed by atoms with Gasteiger partial charge in [0.15, 0.2) is 0 Å².